The summed E-state index contributed by atoms with van der Waals surface area (Å²) in [5.41, 5.74) is 0.837. The Kier molecular flexibility index (Phi) is 4.90. The van der Waals surface area contributed by atoms with E-state index in [9.17, 15) is 14.7 Å². The van der Waals surface area contributed by atoms with Crippen molar-refractivity contribution in [3.8, 4) is 0 Å². The van der Waals surface area contributed by atoms with Gasteiger partial charge in [0.2, 0.25) is 0 Å². The van der Waals surface area contributed by atoms with Gasteiger partial charge in [0.1, 0.15) is 11.5 Å². The van der Waals surface area contributed by atoms with Crippen LogP contribution in [-0.2, 0) is 9.59 Å². The number of amides is 1. The molecule has 1 saturated heterocycles. The van der Waals surface area contributed by atoms with E-state index < -0.39 is 17.7 Å². The SMILES string of the molecule is Cc1cc(N2C(=O)C(=O)/C(=C(/O)c3ccccc3)[C@H]2c2ccc(Cl)c(Cl)c2)no1. The Labute approximate surface area is 175 Å². The number of aromatic nitrogens is 1. The van der Waals surface area contributed by atoms with Crippen molar-refractivity contribution in [3.05, 3.63) is 87.1 Å². The van der Waals surface area contributed by atoms with Crippen molar-refractivity contribution < 1.29 is 19.2 Å². The standard InChI is InChI=1S/C21H14Cl2N2O4/c1-11-9-16(24-29-11)25-18(13-7-8-14(22)15(23)10-13)17(20(27)21(25)28)19(26)12-5-3-2-4-6-12/h2-10,18,26H,1H3/b19-17+/t18-/m1/s1. The summed E-state index contributed by atoms with van der Waals surface area (Å²) in [4.78, 5) is 27.0. The van der Waals surface area contributed by atoms with E-state index in [-0.39, 0.29) is 22.2 Å². The molecule has 0 unspecified atom stereocenters. The predicted molar refractivity (Wildman–Crippen MR) is 109 cm³/mol. The molecular weight excluding hydrogens is 415 g/mol. The summed E-state index contributed by atoms with van der Waals surface area (Å²) in [5, 5.41) is 15.4. The Balaban J connectivity index is 1.97. The first kappa shape index (κ1) is 19.2. The monoisotopic (exact) mass is 428 g/mol. The van der Waals surface area contributed by atoms with E-state index in [4.69, 9.17) is 27.7 Å². The summed E-state index contributed by atoms with van der Waals surface area (Å²) in [6.45, 7) is 1.67. The Morgan fingerprint density at radius 1 is 1.07 bits per heavy atom. The van der Waals surface area contributed by atoms with E-state index >= 15 is 0 Å². The van der Waals surface area contributed by atoms with Crippen LogP contribution in [0.15, 0.2) is 64.7 Å². The molecule has 4 rings (SSSR count). The fourth-order valence-corrected chi connectivity index (χ4v) is 3.59. The molecule has 1 fully saturated rings. The second kappa shape index (κ2) is 7.39. The molecule has 1 aliphatic rings. The maximum absolute atomic E-state index is 12.9. The lowest BCUT2D eigenvalue weighted by molar-refractivity contribution is -0.132. The fourth-order valence-electron chi connectivity index (χ4n) is 3.29. The van der Waals surface area contributed by atoms with E-state index in [2.05, 4.69) is 5.16 Å². The number of hydrogen-bond acceptors (Lipinski definition) is 5. The Bertz CT molecular complexity index is 1150. The summed E-state index contributed by atoms with van der Waals surface area (Å²) in [6.07, 6.45) is 0. The van der Waals surface area contributed by atoms with Crippen molar-refractivity contribution in [1.29, 1.82) is 0 Å². The van der Waals surface area contributed by atoms with Crippen molar-refractivity contribution in [2.45, 2.75) is 13.0 Å². The largest absolute Gasteiger partial charge is 0.507 e. The molecule has 1 N–H and O–H groups in total. The minimum absolute atomic E-state index is 0.0692. The summed E-state index contributed by atoms with van der Waals surface area (Å²) >= 11 is 12.2. The van der Waals surface area contributed by atoms with Gasteiger partial charge < -0.3 is 9.63 Å². The molecule has 1 atom stereocenters. The van der Waals surface area contributed by atoms with Crippen LogP contribution in [0.5, 0.6) is 0 Å². The van der Waals surface area contributed by atoms with E-state index in [1.165, 1.54) is 11.0 Å². The summed E-state index contributed by atoms with van der Waals surface area (Å²) in [7, 11) is 0. The highest BCUT2D eigenvalue weighted by Crippen LogP contribution is 2.43. The number of halogens is 2. The van der Waals surface area contributed by atoms with Crippen LogP contribution < -0.4 is 4.90 Å². The minimum atomic E-state index is -0.950. The number of Topliss-reactive ketones (excluding diaryl/α,β-unsaturated/α-hetero) is 1. The van der Waals surface area contributed by atoms with E-state index in [0.29, 0.717) is 21.9 Å². The quantitative estimate of drug-likeness (QED) is 0.363. The van der Waals surface area contributed by atoms with Gasteiger partial charge in [0.05, 0.1) is 21.7 Å². The maximum atomic E-state index is 12.9. The molecule has 6 nitrogen and oxygen atoms in total. The maximum Gasteiger partial charge on any atom is 0.301 e. The third kappa shape index (κ3) is 3.30. The number of aliphatic hydroxyl groups excluding tert-OH is 1. The molecule has 1 aliphatic heterocycles. The Hall–Kier alpha value is -3.09. The van der Waals surface area contributed by atoms with E-state index in [1.807, 2.05) is 0 Å². The number of nitrogens with zero attached hydrogens (tertiary/aromatic N) is 2. The Morgan fingerprint density at radius 3 is 2.41 bits per heavy atom. The summed E-state index contributed by atoms with van der Waals surface area (Å²) < 4.78 is 5.09. The highest BCUT2D eigenvalue weighted by atomic mass is 35.5. The first-order valence-electron chi connectivity index (χ1n) is 8.63. The molecule has 0 spiro atoms. The number of rotatable bonds is 3. The predicted octanol–water partition coefficient (Wildman–Crippen LogP) is 4.92. The van der Waals surface area contributed by atoms with Gasteiger partial charge in [-0.05, 0) is 24.6 Å². The molecule has 0 radical (unpaired) electrons. The normalized spacial score (nSPS) is 18.4. The van der Waals surface area contributed by atoms with Crippen LogP contribution in [0.3, 0.4) is 0 Å². The smallest absolute Gasteiger partial charge is 0.301 e. The molecule has 0 saturated carbocycles. The zero-order valence-corrected chi connectivity index (χ0v) is 16.6. The third-order valence-corrected chi connectivity index (χ3v) is 5.35. The molecule has 2 heterocycles. The van der Waals surface area contributed by atoms with Crippen molar-refractivity contribution >= 4 is 46.5 Å². The van der Waals surface area contributed by atoms with Gasteiger partial charge in [0.15, 0.2) is 5.82 Å². The van der Waals surface area contributed by atoms with Gasteiger partial charge in [-0.25, -0.2) is 0 Å². The van der Waals surface area contributed by atoms with Crippen LogP contribution >= 0.6 is 23.2 Å². The second-order valence-corrected chi connectivity index (χ2v) is 7.32. The third-order valence-electron chi connectivity index (χ3n) is 4.61. The van der Waals surface area contributed by atoms with Gasteiger partial charge in [-0.15, -0.1) is 0 Å². The number of hydrogen-bond donors (Lipinski definition) is 1. The second-order valence-electron chi connectivity index (χ2n) is 6.50. The summed E-state index contributed by atoms with van der Waals surface area (Å²) in [6, 6.07) is 13.9. The van der Waals surface area contributed by atoms with Crippen LogP contribution in [0.2, 0.25) is 10.0 Å². The molecule has 8 heteroatoms. The van der Waals surface area contributed by atoms with Crippen LogP contribution in [0.1, 0.15) is 22.9 Å². The number of ketones is 1. The zero-order chi connectivity index (χ0) is 20.7. The Morgan fingerprint density at radius 2 is 1.79 bits per heavy atom. The fraction of sp³-hybridized carbons (Fsp3) is 0.0952. The van der Waals surface area contributed by atoms with Crippen molar-refractivity contribution in [3.63, 3.8) is 0 Å². The summed E-state index contributed by atoms with van der Waals surface area (Å²) in [5.74, 6) is -1.32. The van der Waals surface area contributed by atoms with Crippen LogP contribution in [0, 0.1) is 6.92 Å². The lowest BCUT2D eigenvalue weighted by atomic mass is 9.95. The first-order chi connectivity index (χ1) is 13.9. The van der Waals surface area contributed by atoms with Gasteiger partial charge in [0.25, 0.3) is 5.78 Å². The minimum Gasteiger partial charge on any atom is -0.507 e. The van der Waals surface area contributed by atoms with Gasteiger partial charge in [-0.2, -0.15) is 0 Å². The number of aliphatic hydroxyl groups is 1. The van der Waals surface area contributed by atoms with Gasteiger partial charge in [-0.3, -0.25) is 14.5 Å². The molecule has 2 aromatic carbocycles. The van der Waals surface area contributed by atoms with E-state index in [0.717, 1.165) is 0 Å². The lowest BCUT2D eigenvalue weighted by Gasteiger charge is -2.23. The average Bonchev–Trinajstić information content (AvgIpc) is 3.25. The van der Waals surface area contributed by atoms with Crippen LogP contribution in [0.25, 0.3) is 5.76 Å². The average molecular weight is 429 g/mol. The molecule has 3 aromatic rings. The lowest BCUT2D eigenvalue weighted by Crippen LogP contribution is -2.29. The molecule has 0 bridgehead atoms. The van der Waals surface area contributed by atoms with Gasteiger partial charge >= 0.3 is 5.91 Å². The van der Waals surface area contributed by atoms with Crippen LogP contribution in [-0.4, -0.2) is 22.0 Å². The molecule has 146 valence electrons. The highest BCUT2D eigenvalue weighted by molar-refractivity contribution is 6.51. The molecule has 1 aromatic heterocycles. The van der Waals surface area contributed by atoms with Gasteiger partial charge in [0, 0.05) is 11.6 Å². The number of anilines is 1. The van der Waals surface area contributed by atoms with Crippen LogP contribution in [0.4, 0.5) is 5.82 Å². The first-order valence-corrected chi connectivity index (χ1v) is 9.38. The number of carbonyl (C=O) groups is 2. The van der Waals surface area contributed by atoms with Crippen molar-refractivity contribution in [1.82, 2.24) is 5.16 Å². The van der Waals surface area contributed by atoms with Crippen molar-refractivity contribution in [2.75, 3.05) is 4.90 Å². The highest BCUT2D eigenvalue weighted by Gasteiger charge is 2.48. The number of benzene rings is 2. The molecule has 29 heavy (non-hydrogen) atoms. The molecular formula is C21H14Cl2N2O4. The number of aryl methyl sites for hydroxylation is 1. The zero-order valence-electron chi connectivity index (χ0n) is 15.1. The topological polar surface area (TPSA) is 83.6 Å². The molecule has 0 aliphatic carbocycles. The van der Waals surface area contributed by atoms with Gasteiger partial charge in [-0.1, -0.05) is 64.8 Å². The van der Waals surface area contributed by atoms with Crippen molar-refractivity contribution in [2.24, 2.45) is 0 Å². The number of carbonyl (C=O) groups excluding carboxylic acids is 2. The molecule has 1 amide bonds. The van der Waals surface area contributed by atoms with E-state index in [1.54, 1.807) is 55.5 Å².